The van der Waals surface area contributed by atoms with E-state index in [0.29, 0.717) is 50.5 Å². The van der Waals surface area contributed by atoms with E-state index < -0.39 is 29.3 Å². The number of carbonyl (C=O) groups excluding carboxylic acids is 2. The number of carboxylic acids is 1. The normalized spacial score (nSPS) is 17.6. The number of urea groups is 1. The minimum atomic E-state index is -0.974. The van der Waals surface area contributed by atoms with Crippen molar-refractivity contribution in [3.05, 3.63) is 52.6 Å². The third-order valence-corrected chi connectivity index (χ3v) is 7.10. The lowest BCUT2D eigenvalue weighted by Gasteiger charge is -2.37. The summed E-state index contributed by atoms with van der Waals surface area (Å²) < 4.78 is 1.31. The van der Waals surface area contributed by atoms with E-state index in [9.17, 15) is 24.3 Å². The highest BCUT2D eigenvalue weighted by molar-refractivity contribution is 5.89. The summed E-state index contributed by atoms with van der Waals surface area (Å²) in [6, 6.07) is 7.14. The minimum Gasteiger partial charge on any atom is -0.480 e. The van der Waals surface area contributed by atoms with E-state index >= 15 is 0 Å². The number of nitrogens with zero attached hydrogens (tertiary/aromatic N) is 5. The lowest BCUT2D eigenvalue weighted by molar-refractivity contribution is -0.144. The maximum atomic E-state index is 12.7. The number of piperazine rings is 1. The van der Waals surface area contributed by atoms with Crippen LogP contribution in [0.25, 0.3) is 5.69 Å². The molecule has 0 saturated carbocycles. The Morgan fingerprint density at radius 1 is 1.00 bits per heavy atom. The number of hydrogen-bond donors (Lipinski definition) is 4. The summed E-state index contributed by atoms with van der Waals surface area (Å²) in [7, 11) is 0. The molecule has 218 valence electrons. The molecule has 1 aromatic heterocycles. The SMILES string of the molecule is CC(C)(N)C(=O)N1CCN(C(=O)Nc2ccn(-c3ccc(C(C(=O)O)N4CCC(N)CC4)cc3)c(=O)n2)CC1.Cl. The number of carboxylic acid groups (broad SMARTS) is 1. The lowest BCUT2D eigenvalue weighted by atomic mass is 9.99. The second-order valence-electron chi connectivity index (χ2n) is 10.6. The fourth-order valence-electron chi connectivity index (χ4n) is 4.88. The summed E-state index contributed by atoms with van der Waals surface area (Å²) in [5, 5.41) is 12.5. The maximum absolute atomic E-state index is 12.7. The first-order valence-electron chi connectivity index (χ1n) is 13.0. The van der Waals surface area contributed by atoms with Gasteiger partial charge in [0.05, 0.1) is 11.2 Å². The monoisotopic (exact) mass is 576 g/mol. The molecule has 1 unspecified atom stereocenters. The molecule has 1 aromatic carbocycles. The fraction of sp³-hybridized carbons (Fsp3) is 0.500. The molecule has 4 rings (SSSR count). The summed E-state index contributed by atoms with van der Waals surface area (Å²) in [5.74, 6) is -1.00. The first-order chi connectivity index (χ1) is 18.4. The Hall–Kier alpha value is -3.52. The fourth-order valence-corrected chi connectivity index (χ4v) is 4.88. The molecule has 2 saturated heterocycles. The van der Waals surface area contributed by atoms with Crippen LogP contribution >= 0.6 is 12.4 Å². The molecule has 40 heavy (non-hydrogen) atoms. The van der Waals surface area contributed by atoms with Crippen LogP contribution in [0.3, 0.4) is 0 Å². The van der Waals surface area contributed by atoms with Gasteiger partial charge in [-0.15, -0.1) is 12.4 Å². The van der Waals surface area contributed by atoms with Crippen molar-refractivity contribution in [3.63, 3.8) is 0 Å². The third kappa shape index (κ3) is 7.16. The second-order valence-corrected chi connectivity index (χ2v) is 10.6. The average Bonchev–Trinajstić information content (AvgIpc) is 2.89. The number of aliphatic carboxylic acids is 1. The summed E-state index contributed by atoms with van der Waals surface area (Å²) in [4.78, 5) is 58.8. The van der Waals surface area contributed by atoms with Crippen LogP contribution in [0, 0.1) is 0 Å². The highest BCUT2D eigenvalue weighted by Crippen LogP contribution is 2.25. The van der Waals surface area contributed by atoms with Crippen molar-refractivity contribution in [3.8, 4) is 5.69 Å². The molecular weight excluding hydrogens is 540 g/mol. The summed E-state index contributed by atoms with van der Waals surface area (Å²) in [5.41, 5.74) is 11.4. The Morgan fingerprint density at radius 3 is 2.10 bits per heavy atom. The molecule has 1 atom stereocenters. The van der Waals surface area contributed by atoms with E-state index in [2.05, 4.69) is 10.3 Å². The Labute approximate surface area is 238 Å². The van der Waals surface area contributed by atoms with Crippen molar-refractivity contribution in [1.82, 2.24) is 24.3 Å². The highest BCUT2D eigenvalue weighted by atomic mass is 35.5. The van der Waals surface area contributed by atoms with Crippen LogP contribution in [-0.4, -0.2) is 98.1 Å². The maximum Gasteiger partial charge on any atom is 0.354 e. The minimum absolute atomic E-state index is 0. The number of nitrogens with one attached hydrogen (secondary N) is 1. The zero-order chi connectivity index (χ0) is 28.3. The van der Waals surface area contributed by atoms with Gasteiger partial charge in [-0.2, -0.15) is 4.98 Å². The number of piperidine rings is 1. The van der Waals surface area contributed by atoms with Crippen LogP contribution in [0.15, 0.2) is 41.3 Å². The number of amides is 3. The van der Waals surface area contributed by atoms with Gasteiger partial charge in [0.25, 0.3) is 0 Å². The average molecular weight is 577 g/mol. The van der Waals surface area contributed by atoms with Gasteiger partial charge < -0.3 is 26.4 Å². The van der Waals surface area contributed by atoms with Gasteiger partial charge in [-0.25, -0.2) is 9.59 Å². The predicted molar refractivity (Wildman–Crippen MR) is 152 cm³/mol. The van der Waals surface area contributed by atoms with E-state index in [1.165, 1.54) is 16.8 Å². The molecule has 2 aliphatic heterocycles. The van der Waals surface area contributed by atoms with E-state index in [-0.39, 0.29) is 30.2 Å². The van der Waals surface area contributed by atoms with Crippen LogP contribution in [0.4, 0.5) is 10.6 Å². The number of aromatic nitrogens is 2. The standard InChI is InChI=1S/C26H36N8O5.ClH/c1-26(2,28)23(37)32-13-15-33(16-14-32)24(38)29-20-9-12-34(25(39)30-20)19-5-3-17(4-6-19)21(22(35)36)31-10-7-18(27)8-11-31;/h3-6,9,12,18,21H,7-8,10-11,13-16,27-28H2,1-2H3,(H,35,36)(H,29,30,38,39);1H. The summed E-state index contributed by atoms with van der Waals surface area (Å²) in [6.45, 7) is 5.91. The van der Waals surface area contributed by atoms with Crippen molar-refractivity contribution in [2.75, 3.05) is 44.6 Å². The van der Waals surface area contributed by atoms with Gasteiger partial charge in [0.15, 0.2) is 0 Å². The molecule has 3 heterocycles. The molecule has 0 spiro atoms. The van der Waals surface area contributed by atoms with Crippen molar-refractivity contribution in [2.45, 2.75) is 44.3 Å². The third-order valence-electron chi connectivity index (χ3n) is 7.10. The van der Waals surface area contributed by atoms with Crippen LogP contribution in [0.5, 0.6) is 0 Å². The van der Waals surface area contributed by atoms with Gasteiger partial charge in [-0.3, -0.25) is 24.4 Å². The lowest BCUT2D eigenvalue weighted by Crippen LogP contribution is -2.58. The van der Waals surface area contributed by atoms with Crippen LogP contribution in [-0.2, 0) is 9.59 Å². The van der Waals surface area contributed by atoms with E-state index in [1.807, 2.05) is 4.90 Å². The van der Waals surface area contributed by atoms with Crippen LogP contribution in [0.1, 0.15) is 38.3 Å². The largest absolute Gasteiger partial charge is 0.480 e. The van der Waals surface area contributed by atoms with Crippen molar-refractivity contribution in [2.24, 2.45) is 11.5 Å². The van der Waals surface area contributed by atoms with Crippen LogP contribution < -0.4 is 22.5 Å². The van der Waals surface area contributed by atoms with Gasteiger partial charge >= 0.3 is 17.7 Å². The Kier molecular flexibility index (Phi) is 9.90. The van der Waals surface area contributed by atoms with E-state index in [0.717, 1.165) is 12.8 Å². The Balaban J connectivity index is 0.00000441. The molecular formula is C26H37ClN8O5. The van der Waals surface area contributed by atoms with Gasteiger partial charge in [0.1, 0.15) is 11.9 Å². The van der Waals surface area contributed by atoms with Crippen molar-refractivity contribution in [1.29, 1.82) is 0 Å². The number of rotatable bonds is 6. The first-order valence-corrected chi connectivity index (χ1v) is 13.0. The number of hydrogen-bond acceptors (Lipinski definition) is 8. The molecule has 14 heteroatoms. The zero-order valence-corrected chi connectivity index (χ0v) is 23.5. The topological polar surface area (TPSA) is 180 Å². The van der Waals surface area contributed by atoms with Crippen molar-refractivity contribution < 1.29 is 19.5 Å². The van der Waals surface area contributed by atoms with Crippen molar-refractivity contribution >= 4 is 36.1 Å². The van der Waals surface area contributed by atoms with Gasteiger partial charge in [0, 0.05) is 51.5 Å². The van der Waals surface area contributed by atoms with E-state index in [4.69, 9.17) is 11.5 Å². The van der Waals surface area contributed by atoms with Gasteiger partial charge in [-0.1, -0.05) is 12.1 Å². The Bertz CT molecular complexity index is 1260. The smallest absolute Gasteiger partial charge is 0.354 e. The quantitative estimate of drug-likeness (QED) is 0.383. The number of benzene rings is 1. The molecule has 2 fully saturated rings. The number of likely N-dealkylation sites (tertiary alicyclic amines) is 1. The van der Waals surface area contributed by atoms with E-state index in [1.54, 1.807) is 47.9 Å². The molecule has 13 nitrogen and oxygen atoms in total. The number of carbonyl (C=O) groups is 3. The van der Waals surface area contributed by atoms with Gasteiger partial charge in [-0.05, 0) is 50.5 Å². The number of nitrogens with two attached hydrogens (primary N) is 2. The first kappa shape index (κ1) is 31.0. The number of halogens is 1. The second kappa shape index (κ2) is 12.8. The number of anilines is 1. The van der Waals surface area contributed by atoms with Crippen LogP contribution in [0.2, 0.25) is 0 Å². The molecule has 6 N–H and O–H groups in total. The zero-order valence-electron chi connectivity index (χ0n) is 22.7. The molecule has 2 aromatic rings. The molecule has 0 radical (unpaired) electrons. The molecule has 3 amide bonds. The molecule has 0 aliphatic carbocycles. The molecule has 2 aliphatic rings. The summed E-state index contributed by atoms with van der Waals surface area (Å²) in [6.07, 6.45) is 2.99. The summed E-state index contributed by atoms with van der Waals surface area (Å²) >= 11 is 0. The highest BCUT2D eigenvalue weighted by Gasteiger charge is 2.32. The Morgan fingerprint density at radius 2 is 1.57 bits per heavy atom. The van der Waals surface area contributed by atoms with Gasteiger partial charge in [0.2, 0.25) is 5.91 Å². The molecule has 0 bridgehead atoms. The predicted octanol–water partition coefficient (Wildman–Crippen LogP) is 0.617.